The average molecular weight is 259 g/mol. The van der Waals surface area contributed by atoms with Gasteiger partial charge in [0.1, 0.15) is 0 Å². The number of benzene rings is 1. The molecule has 0 unspecified atom stereocenters. The van der Waals surface area contributed by atoms with Crippen molar-refractivity contribution in [1.82, 2.24) is 10.2 Å². The van der Waals surface area contributed by atoms with Crippen LogP contribution in [0, 0.1) is 5.41 Å². The first-order valence-electron chi connectivity index (χ1n) is 7.04. The Morgan fingerprint density at radius 2 is 2.00 bits per heavy atom. The molecule has 1 aliphatic carbocycles. The molecule has 0 radical (unpaired) electrons. The zero-order chi connectivity index (χ0) is 13.3. The minimum Gasteiger partial charge on any atom is -0.399 e. The Labute approximate surface area is 114 Å². The van der Waals surface area contributed by atoms with Gasteiger partial charge in [-0.25, -0.2) is 4.79 Å². The maximum Gasteiger partial charge on any atom is 0.317 e. The van der Waals surface area contributed by atoms with Gasteiger partial charge in [0.2, 0.25) is 0 Å². The number of anilines is 1. The quantitative estimate of drug-likeness (QED) is 0.801. The topological polar surface area (TPSA) is 58.4 Å². The van der Waals surface area contributed by atoms with Gasteiger partial charge in [0.15, 0.2) is 0 Å². The minimum absolute atomic E-state index is 0.0700. The highest BCUT2D eigenvalue weighted by atomic mass is 16.2. The number of amides is 2. The summed E-state index contributed by atoms with van der Waals surface area (Å²) in [6.07, 6.45) is 5.12. The number of likely N-dealkylation sites (tertiary alicyclic amines) is 1. The molecule has 0 bridgehead atoms. The maximum atomic E-state index is 12.1. The van der Waals surface area contributed by atoms with E-state index in [1.165, 1.54) is 25.7 Å². The van der Waals surface area contributed by atoms with E-state index in [9.17, 15) is 4.79 Å². The van der Waals surface area contributed by atoms with E-state index in [0.29, 0.717) is 12.0 Å². The molecule has 1 aromatic carbocycles. The van der Waals surface area contributed by atoms with Gasteiger partial charge in [-0.3, -0.25) is 0 Å². The van der Waals surface area contributed by atoms with Crippen molar-refractivity contribution in [3.05, 3.63) is 29.8 Å². The van der Waals surface area contributed by atoms with Crippen molar-refractivity contribution >= 4 is 11.7 Å². The molecule has 102 valence electrons. The lowest BCUT2D eigenvalue weighted by atomic mass is 9.68. The highest BCUT2D eigenvalue weighted by Crippen LogP contribution is 2.47. The largest absolute Gasteiger partial charge is 0.399 e. The molecule has 2 amide bonds. The van der Waals surface area contributed by atoms with Crippen LogP contribution in [-0.4, -0.2) is 24.0 Å². The Kier molecular flexibility index (Phi) is 3.09. The summed E-state index contributed by atoms with van der Waals surface area (Å²) in [5.74, 6) is 0. The van der Waals surface area contributed by atoms with Crippen molar-refractivity contribution < 1.29 is 4.79 Å². The van der Waals surface area contributed by atoms with E-state index in [2.05, 4.69) is 5.32 Å². The van der Waals surface area contributed by atoms with Crippen LogP contribution in [0.1, 0.15) is 31.2 Å². The number of hydrogen-bond donors (Lipinski definition) is 2. The van der Waals surface area contributed by atoms with Gasteiger partial charge in [-0.15, -0.1) is 0 Å². The Balaban J connectivity index is 1.50. The monoisotopic (exact) mass is 259 g/mol. The average Bonchev–Trinajstić information content (AvgIpc) is 2.83. The van der Waals surface area contributed by atoms with Crippen molar-refractivity contribution in [2.75, 3.05) is 18.8 Å². The van der Waals surface area contributed by atoms with Crippen LogP contribution in [-0.2, 0) is 6.54 Å². The van der Waals surface area contributed by atoms with Gasteiger partial charge in [0.05, 0.1) is 0 Å². The van der Waals surface area contributed by atoms with Crippen LogP contribution in [0.2, 0.25) is 0 Å². The predicted octanol–water partition coefficient (Wildman–Crippen LogP) is 2.35. The third kappa shape index (κ3) is 2.53. The minimum atomic E-state index is 0.0700. The molecule has 0 atom stereocenters. The van der Waals surface area contributed by atoms with Crippen molar-refractivity contribution in [3.63, 3.8) is 0 Å². The number of nitrogens with two attached hydrogens (primary N) is 1. The normalized spacial score (nSPS) is 20.3. The number of rotatable bonds is 2. The first-order chi connectivity index (χ1) is 9.17. The van der Waals surface area contributed by atoms with Gasteiger partial charge >= 0.3 is 6.03 Å². The third-order valence-corrected chi connectivity index (χ3v) is 4.56. The number of hydrogen-bond acceptors (Lipinski definition) is 2. The SMILES string of the molecule is Nc1ccc(CNC(=O)N2CCC3(CCC3)C2)cc1. The van der Waals surface area contributed by atoms with Crippen LogP contribution in [0.5, 0.6) is 0 Å². The smallest absolute Gasteiger partial charge is 0.317 e. The van der Waals surface area contributed by atoms with Gasteiger partial charge in [0, 0.05) is 25.3 Å². The van der Waals surface area contributed by atoms with E-state index >= 15 is 0 Å². The fourth-order valence-corrected chi connectivity index (χ4v) is 3.12. The summed E-state index contributed by atoms with van der Waals surface area (Å²) in [6.45, 7) is 2.43. The van der Waals surface area contributed by atoms with Gasteiger partial charge in [-0.1, -0.05) is 18.6 Å². The summed E-state index contributed by atoms with van der Waals surface area (Å²) < 4.78 is 0. The van der Waals surface area contributed by atoms with Crippen molar-refractivity contribution in [2.24, 2.45) is 5.41 Å². The lowest BCUT2D eigenvalue weighted by Gasteiger charge is -2.37. The molecule has 1 saturated heterocycles. The Morgan fingerprint density at radius 3 is 2.58 bits per heavy atom. The fourth-order valence-electron chi connectivity index (χ4n) is 3.12. The number of urea groups is 1. The van der Waals surface area contributed by atoms with E-state index in [0.717, 1.165) is 24.3 Å². The molecule has 2 aliphatic rings. The highest BCUT2D eigenvalue weighted by Gasteiger charge is 2.43. The van der Waals surface area contributed by atoms with Crippen molar-refractivity contribution in [3.8, 4) is 0 Å². The van der Waals surface area contributed by atoms with Crippen LogP contribution in [0.15, 0.2) is 24.3 Å². The molecule has 4 nitrogen and oxygen atoms in total. The van der Waals surface area contributed by atoms with E-state index in [4.69, 9.17) is 5.73 Å². The molecule has 2 fully saturated rings. The second kappa shape index (κ2) is 4.76. The summed E-state index contributed by atoms with van der Waals surface area (Å²) in [5.41, 5.74) is 7.94. The summed E-state index contributed by atoms with van der Waals surface area (Å²) in [7, 11) is 0. The molecule has 1 heterocycles. The molecule has 19 heavy (non-hydrogen) atoms. The van der Waals surface area contributed by atoms with E-state index in [-0.39, 0.29) is 6.03 Å². The highest BCUT2D eigenvalue weighted by molar-refractivity contribution is 5.74. The summed E-state index contributed by atoms with van der Waals surface area (Å²) in [4.78, 5) is 14.1. The van der Waals surface area contributed by atoms with Crippen molar-refractivity contribution in [1.29, 1.82) is 0 Å². The molecular weight excluding hydrogens is 238 g/mol. The number of nitrogen functional groups attached to an aromatic ring is 1. The zero-order valence-electron chi connectivity index (χ0n) is 11.2. The lowest BCUT2D eigenvalue weighted by Crippen LogP contribution is -2.41. The first-order valence-corrected chi connectivity index (χ1v) is 7.04. The maximum absolute atomic E-state index is 12.1. The van der Waals surface area contributed by atoms with Gasteiger partial charge in [-0.05, 0) is 42.4 Å². The van der Waals surface area contributed by atoms with Crippen LogP contribution >= 0.6 is 0 Å². The second-order valence-corrected chi connectivity index (χ2v) is 5.93. The van der Waals surface area contributed by atoms with E-state index < -0.39 is 0 Å². The van der Waals surface area contributed by atoms with E-state index in [1.807, 2.05) is 29.2 Å². The fraction of sp³-hybridized carbons (Fsp3) is 0.533. The Bertz CT molecular complexity index is 465. The molecule has 3 rings (SSSR count). The van der Waals surface area contributed by atoms with Crippen molar-refractivity contribution in [2.45, 2.75) is 32.2 Å². The number of carbonyl (C=O) groups excluding carboxylic acids is 1. The van der Waals surface area contributed by atoms with Crippen LogP contribution < -0.4 is 11.1 Å². The van der Waals surface area contributed by atoms with Gasteiger partial charge in [0.25, 0.3) is 0 Å². The zero-order valence-corrected chi connectivity index (χ0v) is 11.2. The van der Waals surface area contributed by atoms with E-state index in [1.54, 1.807) is 0 Å². The molecular formula is C15H21N3O. The summed E-state index contributed by atoms with van der Waals surface area (Å²) in [6, 6.07) is 7.70. The van der Waals surface area contributed by atoms with Crippen LogP contribution in [0.3, 0.4) is 0 Å². The van der Waals surface area contributed by atoms with Crippen LogP contribution in [0.4, 0.5) is 10.5 Å². The lowest BCUT2D eigenvalue weighted by molar-refractivity contribution is 0.141. The molecule has 3 N–H and O–H groups in total. The molecule has 1 saturated carbocycles. The van der Waals surface area contributed by atoms with Gasteiger partial charge < -0.3 is 16.0 Å². The molecule has 1 spiro atoms. The standard InChI is InChI=1S/C15H21N3O/c16-13-4-2-12(3-5-13)10-17-14(19)18-9-8-15(11-18)6-1-7-15/h2-5H,1,6-11,16H2,(H,17,19). The summed E-state index contributed by atoms with van der Waals surface area (Å²) >= 11 is 0. The molecule has 1 aliphatic heterocycles. The predicted molar refractivity (Wildman–Crippen MR) is 75.6 cm³/mol. The first kappa shape index (κ1) is 12.3. The number of nitrogens with zero attached hydrogens (tertiary/aromatic N) is 1. The second-order valence-electron chi connectivity index (χ2n) is 5.93. The molecule has 0 aromatic heterocycles. The Morgan fingerprint density at radius 1 is 1.26 bits per heavy atom. The Hall–Kier alpha value is -1.71. The molecule has 4 heteroatoms. The number of carbonyl (C=O) groups is 1. The third-order valence-electron chi connectivity index (χ3n) is 4.56. The van der Waals surface area contributed by atoms with Gasteiger partial charge in [-0.2, -0.15) is 0 Å². The summed E-state index contributed by atoms with van der Waals surface area (Å²) in [5, 5.41) is 2.99. The number of nitrogens with one attached hydrogen (secondary N) is 1. The molecule has 1 aromatic rings. The van der Waals surface area contributed by atoms with Crippen LogP contribution in [0.25, 0.3) is 0 Å².